The summed E-state index contributed by atoms with van der Waals surface area (Å²) in [7, 11) is 0. The van der Waals surface area contributed by atoms with Crippen molar-refractivity contribution in [1.29, 1.82) is 0 Å². The maximum atomic E-state index is 11.7. The molecule has 1 unspecified atom stereocenters. The maximum Gasteiger partial charge on any atom is 0.325 e. The number of carbonyl (C=O) groups is 2. The Morgan fingerprint density at radius 3 is 2.57 bits per heavy atom. The summed E-state index contributed by atoms with van der Waals surface area (Å²) in [5.41, 5.74) is 0. The van der Waals surface area contributed by atoms with E-state index in [0.717, 1.165) is 12.2 Å². The van der Waals surface area contributed by atoms with E-state index in [-0.39, 0.29) is 24.0 Å². The second-order valence-electron chi connectivity index (χ2n) is 3.59. The summed E-state index contributed by atoms with van der Waals surface area (Å²) >= 11 is 1.68. The highest BCUT2D eigenvalue weighted by Gasteiger charge is 2.38. The molecule has 0 bridgehead atoms. The van der Waals surface area contributed by atoms with Crippen LogP contribution < -0.4 is 5.32 Å². The van der Waals surface area contributed by atoms with E-state index in [1.54, 1.807) is 11.8 Å². The molecule has 14 heavy (non-hydrogen) atoms. The topological polar surface area (TPSA) is 49.4 Å². The summed E-state index contributed by atoms with van der Waals surface area (Å²) in [5.74, 6) is 0.807. The van der Waals surface area contributed by atoms with Crippen LogP contribution in [0, 0.1) is 0 Å². The molecule has 1 aliphatic heterocycles. The van der Waals surface area contributed by atoms with Gasteiger partial charge in [0, 0.05) is 6.04 Å². The Balaban J connectivity index is 2.60. The Kier molecular flexibility index (Phi) is 3.80. The standard InChI is InChI=1S/C9H16N2O2S/c1-6(2)11-8(12)7(4-5-14-3)10-9(11)13/h6-7H,4-5H2,1-3H3,(H,10,13). The fourth-order valence-electron chi connectivity index (χ4n) is 1.47. The molecule has 1 saturated heterocycles. The molecule has 5 heteroatoms. The van der Waals surface area contributed by atoms with Gasteiger partial charge in [-0.2, -0.15) is 11.8 Å². The van der Waals surface area contributed by atoms with Crippen molar-refractivity contribution in [2.24, 2.45) is 0 Å². The van der Waals surface area contributed by atoms with Crippen LogP contribution in [0.4, 0.5) is 4.79 Å². The van der Waals surface area contributed by atoms with E-state index >= 15 is 0 Å². The smallest absolute Gasteiger partial charge is 0.325 e. The molecule has 1 atom stereocenters. The van der Waals surface area contributed by atoms with Gasteiger partial charge in [0.2, 0.25) is 0 Å². The van der Waals surface area contributed by atoms with Gasteiger partial charge in [0.1, 0.15) is 6.04 Å². The van der Waals surface area contributed by atoms with Gasteiger partial charge < -0.3 is 5.32 Å². The molecular formula is C9H16N2O2S. The number of nitrogens with zero attached hydrogens (tertiary/aromatic N) is 1. The van der Waals surface area contributed by atoms with Crippen LogP contribution in [0.3, 0.4) is 0 Å². The van der Waals surface area contributed by atoms with E-state index in [1.807, 2.05) is 20.1 Å². The largest absolute Gasteiger partial charge is 0.326 e. The van der Waals surface area contributed by atoms with E-state index < -0.39 is 0 Å². The van der Waals surface area contributed by atoms with Crippen LogP contribution in [-0.4, -0.2) is 40.9 Å². The summed E-state index contributed by atoms with van der Waals surface area (Å²) in [6, 6.07) is -0.616. The normalized spacial score (nSPS) is 22.0. The molecule has 0 aromatic heterocycles. The Morgan fingerprint density at radius 2 is 2.14 bits per heavy atom. The molecule has 80 valence electrons. The number of thioether (sulfide) groups is 1. The second-order valence-corrected chi connectivity index (χ2v) is 4.57. The Bertz CT molecular complexity index is 243. The van der Waals surface area contributed by atoms with Gasteiger partial charge in [0.25, 0.3) is 5.91 Å². The molecule has 0 saturated carbocycles. The van der Waals surface area contributed by atoms with E-state index in [0.29, 0.717) is 0 Å². The predicted molar refractivity (Wildman–Crippen MR) is 57.3 cm³/mol. The maximum absolute atomic E-state index is 11.7. The molecule has 0 aliphatic carbocycles. The Labute approximate surface area is 88.4 Å². The van der Waals surface area contributed by atoms with E-state index in [1.165, 1.54) is 4.90 Å². The summed E-state index contributed by atoms with van der Waals surface area (Å²) in [6.07, 6.45) is 2.70. The van der Waals surface area contributed by atoms with Crippen LogP contribution in [0.1, 0.15) is 20.3 Å². The minimum absolute atomic E-state index is 0.0539. The lowest BCUT2D eigenvalue weighted by Crippen LogP contribution is -2.37. The van der Waals surface area contributed by atoms with Crippen molar-refractivity contribution in [2.75, 3.05) is 12.0 Å². The summed E-state index contributed by atoms with van der Waals surface area (Å²) in [5, 5.41) is 2.69. The van der Waals surface area contributed by atoms with Crippen molar-refractivity contribution < 1.29 is 9.59 Å². The fourth-order valence-corrected chi connectivity index (χ4v) is 1.94. The SMILES string of the molecule is CSCCC1NC(=O)N(C(C)C)C1=O. The zero-order chi connectivity index (χ0) is 10.7. The lowest BCUT2D eigenvalue weighted by molar-refractivity contribution is -0.128. The zero-order valence-electron chi connectivity index (χ0n) is 8.74. The predicted octanol–water partition coefficient (Wildman–Crippen LogP) is 1.07. The molecule has 0 aromatic rings. The third kappa shape index (κ3) is 2.20. The second kappa shape index (κ2) is 4.68. The molecule has 1 fully saturated rings. The van der Waals surface area contributed by atoms with Gasteiger partial charge in [-0.3, -0.25) is 9.69 Å². The van der Waals surface area contributed by atoms with Crippen LogP contribution in [0.5, 0.6) is 0 Å². The Hall–Kier alpha value is -0.710. The first kappa shape index (κ1) is 11.4. The van der Waals surface area contributed by atoms with Crippen LogP contribution >= 0.6 is 11.8 Å². The minimum atomic E-state index is -0.308. The van der Waals surface area contributed by atoms with Gasteiger partial charge >= 0.3 is 6.03 Å². The number of rotatable bonds is 4. The average Bonchev–Trinajstić information content (AvgIpc) is 2.38. The summed E-state index contributed by atoms with van der Waals surface area (Å²) in [4.78, 5) is 24.4. The number of carbonyl (C=O) groups excluding carboxylic acids is 2. The first-order chi connectivity index (χ1) is 6.57. The van der Waals surface area contributed by atoms with Crippen molar-refractivity contribution in [2.45, 2.75) is 32.4 Å². The van der Waals surface area contributed by atoms with Gasteiger partial charge in [-0.15, -0.1) is 0 Å². The van der Waals surface area contributed by atoms with Crippen LogP contribution in [0.15, 0.2) is 0 Å². The number of amides is 3. The molecule has 1 heterocycles. The molecule has 1 rings (SSSR count). The number of hydrogen-bond acceptors (Lipinski definition) is 3. The summed E-state index contributed by atoms with van der Waals surface area (Å²) in [6.45, 7) is 3.68. The van der Waals surface area contributed by atoms with Crippen LogP contribution in [0.2, 0.25) is 0 Å². The van der Waals surface area contributed by atoms with Gasteiger partial charge in [-0.25, -0.2) is 4.79 Å². The number of hydrogen-bond donors (Lipinski definition) is 1. The molecule has 1 aliphatic rings. The van der Waals surface area contributed by atoms with E-state index in [4.69, 9.17) is 0 Å². The monoisotopic (exact) mass is 216 g/mol. The summed E-state index contributed by atoms with van der Waals surface area (Å²) < 4.78 is 0. The van der Waals surface area contributed by atoms with E-state index in [2.05, 4.69) is 5.32 Å². The van der Waals surface area contributed by atoms with Crippen molar-refractivity contribution in [3.8, 4) is 0 Å². The molecule has 1 N–H and O–H groups in total. The van der Waals surface area contributed by atoms with Gasteiger partial charge in [0.15, 0.2) is 0 Å². The highest BCUT2D eigenvalue weighted by atomic mass is 32.2. The number of nitrogens with one attached hydrogen (secondary N) is 1. The lowest BCUT2D eigenvalue weighted by atomic mass is 10.2. The molecule has 0 aromatic carbocycles. The molecule has 4 nitrogen and oxygen atoms in total. The number of imide groups is 1. The van der Waals surface area contributed by atoms with Crippen molar-refractivity contribution in [3.63, 3.8) is 0 Å². The lowest BCUT2D eigenvalue weighted by Gasteiger charge is -2.16. The zero-order valence-corrected chi connectivity index (χ0v) is 9.56. The average molecular weight is 216 g/mol. The van der Waals surface area contributed by atoms with Gasteiger partial charge in [-0.05, 0) is 32.3 Å². The fraction of sp³-hybridized carbons (Fsp3) is 0.778. The number of urea groups is 1. The quantitative estimate of drug-likeness (QED) is 0.715. The molecule has 3 amide bonds. The van der Waals surface area contributed by atoms with Crippen molar-refractivity contribution >= 4 is 23.7 Å². The van der Waals surface area contributed by atoms with Crippen molar-refractivity contribution in [3.05, 3.63) is 0 Å². The highest BCUT2D eigenvalue weighted by Crippen LogP contribution is 2.14. The van der Waals surface area contributed by atoms with E-state index in [9.17, 15) is 9.59 Å². The van der Waals surface area contributed by atoms with Crippen LogP contribution in [-0.2, 0) is 4.79 Å². The van der Waals surface area contributed by atoms with Gasteiger partial charge in [0.05, 0.1) is 0 Å². The van der Waals surface area contributed by atoms with Crippen LogP contribution in [0.25, 0.3) is 0 Å². The Morgan fingerprint density at radius 1 is 1.50 bits per heavy atom. The first-order valence-electron chi connectivity index (χ1n) is 4.70. The third-order valence-corrected chi connectivity index (χ3v) is 2.82. The highest BCUT2D eigenvalue weighted by molar-refractivity contribution is 7.98. The van der Waals surface area contributed by atoms with Crippen molar-refractivity contribution in [1.82, 2.24) is 10.2 Å². The third-order valence-electron chi connectivity index (χ3n) is 2.18. The molecule has 0 spiro atoms. The molecule has 0 radical (unpaired) electrons. The molecular weight excluding hydrogens is 200 g/mol. The minimum Gasteiger partial charge on any atom is -0.326 e. The first-order valence-corrected chi connectivity index (χ1v) is 6.09. The van der Waals surface area contributed by atoms with Gasteiger partial charge in [-0.1, -0.05) is 0 Å².